The number of nitrogens with zero attached hydrogens (tertiary/aromatic N) is 2. The van der Waals surface area contributed by atoms with Gasteiger partial charge in [0.15, 0.2) is 11.5 Å². The van der Waals surface area contributed by atoms with E-state index in [1.807, 2.05) is 0 Å². The van der Waals surface area contributed by atoms with Crippen LogP contribution in [-0.4, -0.2) is 61.6 Å². The molecule has 6 nitrogen and oxygen atoms in total. The Morgan fingerprint density at radius 2 is 2.32 bits per heavy atom. The maximum atomic E-state index is 9.15. The highest BCUT2D eigenvalue weighted by Gasteiger charge is 2.22. The number of hydrogen-bond acceptors (Lipinski definition) is 6. The summed E-state index contributed by atoms with van der Waals surface area (Å²) in [6.07, 6.45) is 1.59. The van der Waals surface area contributed by atoms with Crippen LogP contribution in [0, 0.1) is 0 Å². The second kappa shape index (κ2) is 6.70. The fraction of sp³-hybridized carbons (Fsp3) is 0.615. The molecule has 1 saturated heterocycles. The molecule has 0 spiro atoms. The number of rotatable bonds is 5. The number of ether oxygens (including phenoxy) is 3. The standard InChI is InChI=1S/C13H20N2O4/c1-17-12-3-4-14-11(13(12)18-2)8-15-5-6-19-10(7-15)9-16/h3-4,10,16H,5-9H2,1-2H3. The van der Waals surface area contributed by atoms with E-state index >= 15 is 0 Å². The Balaban J connectivity index is 2.10. The lowest BCUT2D eigenvalue weighted by Crippen LogP contribution is -2.43. The monoisotopic (exact) mass is 268 g/mol. The van der Waals surface area contributed by atoms with Crippen LogP contribution in [-0.2, 0) is 11.3 Å². The average molecular weight is 268 g/mol. The molecule has 1 atom stereocenters. The first kappa shape index (κ1) is 14.0. The van der Waals surface area contributed by atoms with Crippen molar-refractivity contribution in [3.05, 3.63) is 18.0 Å². The molecule has 0 radical (unpaired) electrons. The second-order valence-electron chi connectivity index (χ2n) is 4.40. The molecule has 1 N–H and O–H groups in total. The molecule has 0 aromatic carbocycles. The Hall–Kier alpha value is -1.37. The van der Waals surface area contributed by atoms with Crippen LogP contribution in [0.25, 0.3) is 0 Å². The first-order valence-electron chi connectivity index (χ1n) is 6.29. The van der Waals surface area contributed by atoms with Crippen LogP contribution in [0.3, 0.4) is 0 Å². The van der Waals surface area contributed by atoms with Gasteiger partial charge in [-0.2, -0.15) is 0 Å². The van der Waals surface area contributed by atoms with Crippen LogP contribution >= 0.6 is 0 Å². The van der Waals surface area contributed by atoms with Crippen molar-refractivity contribution in [1.29, 1.82) is 0 Å². The predicted octanol–water partition coefficient (Wildman–Crippen LogP) is 0.292. The zero-order chi connectivity index (χ0) is 13.7. The highest BCUT2D eigenvalue weighted by molar-refractivity contribution is 5.42. The van der Waals surface area contributed by atoms with Crippen molar-refractivity contribution in [3.63, 3.8) is 0 Å². The minimum atomic E-state index is -0.120. The van der Waals surface area contributed by atoms with Gasteiger partial charge >= 0.3 is 0 Å². The lowest BCUT2D eigenvalue weighted by molar-refractivity contribution is -0.0555. The van der Waals surface area contributed by atoms with Gasteiger partial charge in [0.25, 0.3) is 0 Å². The van der Waals surface area contributed by atoms with E-state index in [4.69, 9.17) is 19.3 Å². The van der Waals surface area contributed by atoms with Crippen molar-refractivity contribution in [2.75, 3.05) is 40.5 Å². The minimum Gasteiger partial charge on any atom is -0.493 e. The van der Waals surface area contributed by atoms with E-state index in [2.05, 4.69) is 9.88 Å². The van der Waals surface area contributed by atoms with E-state index in [0.29, 0.717) is 31.2 Å². The smallest absolute Gasteiger partial charge is 0.183 e. The Labute approximate surface area is 112 Å². The molecular weight excluding hydrogens is 248 g/mol. The molecule has 2 heterocycles. The van der Waals surface area contributed by atoms with E-state index in [1.165, 1.54) is 0 Å². The number of aromatic nitrogens is 1. The van der Waals surface area contributed by atoms with Crippen LogP contribution in [0.2, 0.25) is 0 Å². The van der Waals surface area contributed by atoms with Crippen LogP contribution in [0.1, 0.15) is 5.69 Å². The number of aliphatic hydroxyl groups is 1. The zero-order valence-electron chi connectivity index (χ0n) is 11.3. The summed E-state index contributed by atoms with van der Waals surface area (Å²) in [5, 5.41) is 9.15. The van der Waals surface area contributed by atoms with Crippen molar-refractivity contribution >= 4 is 0 Å². The number of hydrogen-bond donors (Lipinski definition) is 1. The molecule has 1 aromatic rings. The molecule has 6 heteroatoms. The van der Waals surface area contributed by atoms with Crippen molar-refractivity contribution in [1.82, 2.24) is 9.88 Å². The third-order valence-corrected chi connectivity index (χ3v) is 3.17. The van der Waals surface area contributed by atoms with E-state index in [1.54, 1.807) is 26.5 Å². The van der Waals surface area contributed by atoms with Crippen molar-refractivity contribution in [2.24, 2.45) is 0 Å². The molecule has 1 unspecified atom stereocenters. The summed E-state index contributed by atoms with van der Waals surface area (Å²) < 4.78 is 16.1. The molecule has 0 aliphatic carbocycles. The molecule has 1 aliphatic heterocycles. The highest BCUT2D eigenvalue weighted by Crippen LogP contribution is 2.30. The van der Waals surface area contributed by atoms with Gasteiger partial charge in [-0.05, 0) is 0 Å². The first-order chi connectivity index (χ1) is 9.28. The van der Waals surface area contributed by atoms with Crippen LogP contribution in [0.4, 0.5) is 0 Å². The van der Waals surface area contributed by atoms with E-state index in [9.17, 15) is 0 Å². The third kappa shape index (κ3) is 3.34. The van der Waals surface area contributed by atoms with Crippen molar-refractivity contribution in [2.45, 2.75) is 12.6 Å². The topological polar surface area (TPSA) is 64.1 Å². The third-order valence-electron chi connectivity index (χ3n) is 3.17. The quantitative estimate of drug-likeness (QED) is 0.828. The Morgan fingerprint density at radius 3 is 3.00 bits per heavy atom. The Morgan fingerprint density at radius 1 is 1.47 bits per heavy atom. The second-order valence-corrected chi connectivity index (χ2v) is 4.40. The molecular formula is C13H20N2O4. The van der Waals surface area contributed by atoms with Crippen LogP contribution in [0.15, 0.2) is 12.3 Å². The predicted molar refractivity (Wildman–Crippen MR) is 69.4 cm³/mol. The number of pyridine rings is 1. The molecule has 1 fully saturated rings. The SMILES string of the molecule is COc1ccnc(CN2CCOC(CO)C2)c1OC. The zero-order valence-corrected chi connectivity index (χ0v) is 11.3. The van der Waals surface area contributed by atoms with E-state index in [-0.39, 0.29) is 12.7 Å². The van der Waals surface area contributed by atoms with Crippen LogP contribution < -0.4 is 9.47 Å². The van der Waals surface area contributed by atoms with Gasteiger partial charge < -0.3 is 19.3 Å². The van der Waals surface area contributed by atoms with Gasteiger partial charge in [-0.3, -0.25) is 9.88 Å². The van der Waals surface area contributed by atoms with Gasteiger partial charge in [-0.1, -0.05) is 0 Å². The lowest BCUT2D eigenvalue weighted by Gasteiger charge is -2.31. The van der Waals surface area contributed by atoms with Gasteiger partial charge in [0.05, 0.1) is 33.5 Å². The van der Waals surface area contributed by atoms with Gasteiger partial charge in [0, 0.05) is 31.9 Å². The number of methoxy groups -OCH3 is 2. The normalized spacial score (nSPS) is 20.3. The summed E-state index contributed by atoms with van der Waals surface area (Å²) in [6.45, 7) is 2.83. The first-order valence-corrected chi connectivity index (χ1v) is 6.29. The maximum Gasteiger partial charge on any atom is 0.183 e. The largest absolute Gasteiger partial charge is 0.493 e. The molecule has 0 saturated carbocycles. The molecule has 19 heavy (non-hydrogen) atoms. The van der Waals surface area contributed by atoms with Gasteiger partial charge in [-0.25, -0.2) is 0 Å². The molecule has 106 valence electrons. The maximum absolute atomic E-state index is 9.15. The van der Waals surface area contributed by atoms with Gasteiger partial charge in [-0.15, -0.1) is 0 Å². The lowest BCUT2D eigenvalue weighted by atomic mass is 10.2. The average Bonchev–Trinajstić information content (AvgIpc) is 2.47. The van der Waals surface area contributed by atoms with Crippen molar-refractivity contribution < 1.29 is 19.3 Å². The summed E-state index contributed by atoms with van der Waals surface area (Å²) >= 11 is 0. The van der Waals surface area contributed by atoms with Crippen LogP contribution in [0.5, 0.6) is 11.5 Å². The van der Waals surface area contributed by atoms with Gasteiger partial charge in [0.1, 0.15) is 5.69 Å². The summed E-state index contributed by atoms with van der Waals surface area (Å²) in [6, 6.07) is 1.78. The summed E-state index contributed by atoms with van der Waals surface area (Å²) in [4.78, 5) is 6.54. The van der Waals surface area contributed by atoms with E-state index in [0.717, 1.165) is 12.2 Å². The molecule has 1 aromatic heterocycles. The number of morpholine rings is 1. The molecule has 0 bridgehead atoms. The molecule has 2 rings (SSSR count). The Kier molecular flexibility index (Phi) is 4.95. The number of aliphatic hydroxyl groups excluding tert-OH is 1. The summed E-state index contributed by atoms with van der Waals surface area (Å²) in [5.41, 5.74) is 0.834. The van der Waals surface area contributed by atoms with Gasteiger partial charge in [0.2, 0.25) is 0 Å². The Bertz CT molecular complexity index is 414. The fourth-order valence-corrected chi connectivity index (χ4v) is 2.21. The van der Waals surface area contributed by atoms with Crippen molar-refractivity contribution in [3.8, 4) is 11.5 Å². The highest BCUT2D eigenvalue weighted by atomic mass is 16.5. The minimum absolute atomic E-state index is 0.0408. The summed E-state index contributed by atoms with van der Waals surface area (Å²) in [7, 11) is 3.22. The molecule has 0 amide bonds. The molecule has 1 aliphatic rings. The van der Waals surface area contributed by atoms with E-state index < -0.39 is 0 Å². The fourth-order valence-electron chi connectivity index (χ4n) is 2.21. The summed E-state index contributed by atoms with van der Waals surface area (Å²) in [5.74, 6) is 1.34.